The summed E-state index contributed by atoms with van der Waals surface area (Å²) in [4.78, 5) is 14.7. The molecule has 2 fully saturated rings. The number of rotatable bonds is 5. The fraction of sp³-hybridized carbons (Fsp3) is 0.440. The molecule has 1 atom stereocenters. The van der Waals surface area contributed by atoms with Gasteiger partial charge in [-0.3, -0.25) is 4.90 Å². The number of hydrogen-bond acceptors (Lipinski definition) is 7. The smallest absolute Gasteiger partial charge is 0.227 e. The summed E-state index contributed by atoms with van der Waals surface area (Å²) < 4.78 is 0. The Morgan fingerprint density at radius 1 is 1.03 bits per heavy atom. The van der Waals surface area contributed by atoms with E-state index in [1.807, 2.05) is 42.5 Å². The van der Waals surface area contributed by atoms with Gasteiger partial charge in [0.05, 0.1) is 5.52 Å². The van der Waals surface area contributed by atoms with Gasteiger partial charge in [0.1, 0.15) is 5.82 Å². The largest absolute Gasteiger partial charge is 0.399 e. The Hall–Kier alpha value is -2.61. The molecule has 1 aromatic heterocycles. The number of nitrogens with two attached hydrogens (primary N) is 1. The molecule has 2 aromatic carbocycles. The van der Waals surface area contributed by atoms with E-state index in [-0.39, 0.29) is 0 Å². The molecule has 1 unspecified atom stereocenters. The van der Waals surface area contributed by atoms with Gasteiger partial charge < -0.3 is 21.1 Å². The maximum atomic E-state index is 9.58. The highest BCUT2D eigenvalue weighted by atomic mass is 35.5. The summed E-state index contributed by atoms with van der Waals surface area (Å²) in [7, 11) is 0. The lowest BCUT2D eigenvalue weighted by molar-refractivity contribution is 0.0776. The summed E-state index contributed by atoms with van der Waals surface area (Å²) in [5.74, 6) is 1.91. The molecule has 7 nitrogen and oxygen atoms in total. The van der Waals surface area contributed by atoms with Gasteiger partial charge in [0.15, 0.2) is 0 Å². The molecule has 174 valence electrons. The van der Waals surface area contributed by atoms with Crippen molar-refractivity contribution >= 4 is 45.6 Å². The summed E-state index contributed by atoms with van der Waals surface area (Å²) in [5.41, 5.74) is 8.53. The number of nitrogen functional groups attached to an aromatic ring is 1. The molecule has 3 aromatic rings. The number of hydrogen-bond donors (Lipinski definition) is 3. The number of aliphatic hydroxyl groups is 1. The van der Waals surface area contributed by atoms with E-state index in [0.717, 1.165) is 73.8 Å². The Bertz CT molecular complexity index is 1100. The molecule has 0 saturated carbocycles. The summed E-state index contributed by atoms with van der Waals surface area (Å²) in [6.45, 7) is 4.31. The van der Waals surface area contributed by atoms with Crippen LogP contribution in [0, 0.1) is 5.92 Å². The molecule has 33 heavy (non-hydrogen) atoms. The molecule has 3 heterocycles. The zero-order chi connectivity index (χ0) is 22.8. The molecule has 8 heteroatoms. The van der Waals surface area contributed by atoms with Crippen LogP contribution in [0.1, 0.15) is 25.7 Å². The number of likely N-dealkylation sites (tertiary alicyclic amines) is 1. The summed E-state index contributed by atoms with van der Waals surface area (Å²) >= 11 is 6.05. The van der Waals surface area contributed by atoms with Crippen LogP contribution in [-0.4, -0.2) is 58.8 Å². The van der Waals surface area contributed by atoms with Gasteiger partial charge in [-0.05, 0) is 80.6 Å². The van der Waals surface area contributed by atoms with Crippen molar-refractivity contribution in [3.63, 3.8) is 0 Å². The Morgan fingerprint density at radius 2 is 1.82 bits per heavy atom. The fourth-order valence-electron chi connectivity index (χ4n) is 5.05. The first kappa shape index (κ1) is 22.2. The molecule has 0 amide bonds. The molecule has 0 spiro atoms. The monoisotopic (exact) mass is 466 g/mol. The summed E-state index contributed by atoms with van der Waals surface area (Å²) in [6.07, 6.45) is 4.50. The number of benzene rings is 2. The van der Waals surface area contributed by atoms with Gasteiger partial charge >= 0.3 is 0 Å². The number of nitrogens with one attached hydrogen (secondary N) is 1. The van der Waals surface area contributed by atoms with Gasteiger partial charge in [0, 0.05) is 54.1 Å². The minimum absolute atomic E-state index is 0.300. The molecule has 2 saturated heterocycles. The number of fused-ring (bicyclic) bond motifs is 1. The van der Waals surface area contributed by atoms with E-state index >= 15 is 0 Å². The molecular weight excluding hydrogens is 436 g/mol. The third-order valence-electron chi connectivity index (χ3n) is 6.89. The van der Waals surface area contributed by atoms with Crippen molar-refractivity contribution < 1.29 is 5.11 Å². The van der Waals surface area contributed by atoms with E-state index in [1.165, 1.54) is 6.42 Å². The topological polar surface area (TPSA) is 90.5 Å². The maximum Gasteiger partial charge on any atom is 0.227 e. The second-order valence-electron chi connectivity index (χ2n) is 9.18. The first-order valence-corrected chi connectivity index (χ1v) is 12.2. The van der Waals surface area contributed by atoms with Crippen LogP contribution in [0.5, 0.6) is 0 Å². The molecule has 0 aliphatic carbocycles. The van der Waals surface area contributed by atoms with Crippen LogP contribution in [0.2, 0.25) is 5.02 Å². The van der Waals surface area contributed by atoms with Crippen molar-refractivity contribution in [2.45, 2.75) is 31.7 Å². The Balaban J connectivity index is 1.36. The van der Waals surface area contributed by atoms with Gasteiger partial charge in [-0.25, -0.2) is 4.98 Å². The molecule has 2 aliphatic heterocycles. The molecular formula is C25H31ClN6O. The molecule has 5 rings (SSSR count). The number of halogens is 1. The van der Waals surface area contributed by atoms with Crippen molar-refractivity contribution in [1.82, 2.24) is 14.9 Å². The van der Waals surface area contributed by atoms with E-state index in [0.29, 0.717) is 29.3 Å². The quantitative estimate of drug-likeness (QED) is 0.483. The lowest BCUT2D eigenvalue weighted by atomic mass is 9.94. The Morgan fingerprint density at radius 3 is 2.58 bits per heavy atom. The minimum atomic E-state index is 0.300. The Labute approximate surface area is 199 Å². The van der Waals surface area contributed by atoms with Crippen molar-refractivity contribution in [3.8, 4) is 0 Å². The van der Waals surface area contributed by atoms with Crippen LogP contribution >= 0.6 is 11.6 Å². The van der Waals surface area contributed by atoms with Crippen LogP contribution in [-0.2, 0) is 0 Å². The van der Waals surface area contributed by atoms with Crippen LogP contribution in [0.3, 0.4) is 0 Å². The first-order valence-electron chi connectivity index (χ1n) is 11.8. The average Bonchev–Trinajstić information content (AvgIpc) is 2.85. The minimum Gasteiger partial charge on any atom is -0.399 e. The number of nitrogens with zero attached hydrogens (tertiary/aromatic N) is 4. The first-order chi connectivity index (χ1) is 16.1. The Kier molecular flexibility index (Phi) is 6.53. The van der Waals surface area contributed by atoms with E-state index in [4.69, 9.17) is 27.3 Å². The maximum absolute atomic E-state index is 9.58. The second kappa shape index (κ2) is 9.71. The number of aliphatic hydroxyl groups excluding tert-OH is 1. The molecule has 2 aliphatic rings. The predicted molar refractivity (Wildman–Crippen MR) is 135 cm³/mol. The van der Waals surface area contributed by atoms with Gasteiger partial charge in [-0.1, -0.05) is 11.6 Å². The van der Waals surface area contributed by atoms with Crippen molar-refractivity contribution in [2.75, 3.05) is 48.7 Å². The third kappa shape index (κ3) is 5.00. The van der Waals surface area contributed by atoms with E-state index in [2.05, 4.69) is 15.1 Å². The van der Waals surface area contributed by atoms with Gasteiger partial charge in [-0.2, -0.15) is 4.98 Å². The SMILES string of the molecule is Nc1ccc2nc(N3CCC(N4CCCC(CO)C4)CC3)nc(Nc3ccc(Cl)cc3)c2c1. The lowest BCUT2D eigenvalue weighted by Gasteiger charge is -2.42. The fourth-order valence-corrected chi connectivity index (χ4v) is 5.18. The zero-order valence-corrected chi connectivity index (χ0v) is 19.5. The molecule has 4 N–H and O–H groups in total. The van der Waals surface area contributed by atoms with Crippen LogP contribution in [0.25, 0.3) is 10.9 Å². The van der Waals surface area contributed by atoms with Crippen molar-refractivity contribution in [3.05, 3.63) is 47.5 Å². The standard InChI is InChI=1S/C25H31ClN6O/c26-18-3-6-20(7-4-18)28-24-22-14-19(27)5-8-23(22)29-25(30-24)31-12-9-21(10-13-31)32-11-1-2-17(15-32)16-33/h3-8,14,17,21,33H,1-2,9-13,15-16,27H2,(H,28,29,30). The van der Waals surface area contributed by atoms with Crippen molar-refractivity contribution in [1.29, 1.82) is 0 Å². The molecule has 0 bridgehead atoms. The predicted octanol–water partition coefficient (Wildman–Crippen LogP) is 4.28. The average molecular weight is 467 g/mol. The number of piperidine rings is 2. The third-order valence-corrected chi connectivity index (χ3v) is 7.14. The number of anilines is 4. The van der Waals surface area contributed by atoms with Gasteiger partial charge in [0.25, 0.3) is 0 Å². The number of aromatic nitrogens is 2. The highest BCUT2D eigenvalue weighted by molar-refractivity contribution is 6.30. The van der Waals surface area contributed by atoms with Crippen LogP contribution in [0.4, 0.5) is 23.1 Å². The molecule has 0 radical (unpaired) electrons. The van der Waals surface area contributed by atoms with Gasteiger partial charge in [-0.15, -0.1) is 0 Å². The van der Waals surface area contributed by atoms with E-state index < -0.39 is 0 Å². The highest BCUT2D eigenvalue weighted by Crippen LogP contribution is 2.30. The lowest BCUT2D eigenvalue weighted by Crippen LogP contribution is -2.49. The van der Waals surface area contributed by atoms with E-state index in [9.17, 15) is 5.11 Å². The van der Waals surface area contributed by atoms with Crippen LogP contribution in [0.15, 0.2) is 42.5 Å². The van der Waals surface area contributed by atoms with Crippen molar-refractivity contribution in [2.24, 2.45) is 5.92 Å². The van der Waals surface area contributed by atoms with Crippen LogP contribution < -0.4 is 16.0 Å². The second-order valence-corrected chi connectivity index (χ2v) is 9.62. The summed E-state index contributed by atoms with van der Waals surface area (Å²) in [5, 5.41) is 14.6. The summed E-state index contributed by atoms with van der Waals surface area (Å²) in [6, 6.07) is 13.9. The van der Waals surface area contributed by atoms with Gasteiger partial charge in [0.2, 0.25) is 5.95 Å². The van der Waals surface area contributed by atoms with E-state index in [1.54, 1.807) is 0 Å². The highest BCUT2D eigenvalue weighted by Gasteiger charge is 2.29. The normalized spacial score (nSPS) is 20.3. The zero-order valence-electron chi connectivity index (χ0n) is 18.8.